The Balaban J connectivity index is 2.35. The molecule has 1 aliphatic rings. The van der Waals surface area contributed by atoms with Crippen LogP contribution >= 0.6 is 0 Å². The van der Waals surface area contributed by atoms with E-state index in [0.29, 0.717) is 13.0 Å². The fourth-order valence-corrected chi connectivity index (χ4v) is 1.11. The van der Waals surface area contributed by atoms with Crippen LogP contribution in [0.15, 0.2) is 0 Å². The first kappa shape index (κ1) is 8.45. The van der Waals surface area contributed by atoms with Gasteiger partial charge in [-0.3, -0.25) is 10.1 Å². The molecule has 0 aliphatic carbocycles. The van der Waals surface area contributed by atoms with Crippen LogP contribution in [0.1, 0.15) is 6.42 Å². The maximum Gasteiger partial charge on any atom is 0.322 e. The first-order valence-electron chi connectivity index (χ1n) is 3.39. The van der Waals surface area contributed by atoms with Crippen LogP contribution < -0.4 is 5.32 Å². The van der Waals surface area contributed by atoms with E-state index in [0.717, 1.165) is 0 Å². The van der Waals surface area contributed by atoms with Gasteiger partial charge in [0.15, 0.2) is 0 Å². The lowest BCUT2D eigenvalue weighted by molar-refractivity contribution is -0.273. The molecular weight excluding hydrogens is 150 g/mol. The summed E-state index contributed by atoms with van der Waals surface area (Å²) < 4.78 is 4.49. The molecule has 2 atom stereocenters. The van der Waals surface area contributed by atoms with Crippen molar-refractivity contribution in [3.63, 3.8) is 0 Å². The van der Waals surface area contributed by atoms with E-state index in [2.05, 4.69) is 14.9 Å². The highest BCUT2D eigenvalue weighted by Crippen LogP contribution is 2.09. The summed E-state index contributed by atoms with van der Waals surface area (Å²) >= 11 is 0. The molecular formula is C6H11NO4. The van der Waals surface area contributed by atoms with Crippen molar-refractivity contribution in [2.75, 3.05) is 13.7 Å². The highest BCUT2D eigenvalue weighted by molar-refractivity contribution is 5.76. The second-order valence-electron chi connectivity index (χ2n) is 2.45. The van der Waals surface area contributed by atoms with Gasteiger partial charge in [0, 0.05) is 13.0 Å². The molecule has 0 amide bonds. The van der Waals surface area contributed by atoms with Crippen molar-refractivity contribution in [3.05, 3.63) is 0 Å². The molecule has 0 spiro atoms. The van der Waals surface area contributed by atoms with Gasteiger partial charge in [0.1, 0.15) is 12.1 Å². The molecule has 0 saturated carbocycles. The Kier molecular flexibility index (Phi) is 2.81. The predicted molar refractivity (Wildman–Crippen MR) is 35.9 cm³/mol. The molecule has 0 aromatic heterocycles. The highest BCUT2D eigenvalue weighted by atomic mass is 17.1. The monoisotopic (exact) mass is 161 g/mol. The molecule has 0 bridgehead atoms. The van der Waals surface area contributed by atoms with Crippen molar-refractivity contribution in [1.82, 2.24) is 5.32 Å². The van der Waals surface area contributed by atoms with Crippen LogP contribution in [0, 0.1) is 0 Å². The molecule has 11 heavy (non-hydrogen) atoms. The summed E-state index contributed by atoms with van der Waals surface area (Å²) in [6.45, 7) is 0.482. The molecule has 0 aromatic rings. The van der Waals surface area contributed by atoms with Crippen molar-refractivity contribution in [2.45, 2.75) is 18.6 Å². The summed E-state index contributed by atoms with van der Waals surface area (Å²) in [4.78, 5) is 14.9. The summed E-state index contributed by atoms with van der Waals surface area (Å²) in [5.74, 6) is -0.315. The third kappa shape index (κ3) is 1.89. The third-order valence-electron chi connectivity index (χ3n) is 1.73. The molecule has 5 nitrogen and oxygen atoms in total. The molecule has 64 valence electrons. The van der Waals surface area contributed by atoms with Gasteiger partial charge in [-0.2, -0.15) is 0 Å². The maximum atomic E-state index is 10.9. The fraction of sp³-hybridized carbons (Fsp3) is 0.833. The van der Waals surface area contributed by atoms with Gasteiger partial charge in [0.2, 0.25) is 0 Å². The quantitative estimate of drug-likeness (QED) is 0.321. The second kappa shape index (κ2) is 3.66. The number of hydrogen-bond donors (Lipinski definition) is 2. The molecule has 2 N–H and O–H groups in total. The molecule has 1 fully saturated rings. The third-order valence-corrected chi connectivity index (χ3v) is 1.73. The highest BCUT2D eigenvalue weighted by Gasteiger charge is 2.30. The van der Waals surface area contributed by atoms with E-state index in [1.165, 1.54) is 7.11 Å². The SMILES string of the molecule is COC(=O)[C@H]1C[C@H](OO)CN1. The average molecular weight is 161 g/mol. The summed E-state index contributed by atoms with van der Waals surface area (Å²) in [5, 5.41) is 11.1. The zero-order valence-electron chi connectivity index (χ0n) is 6.24. The zero-order valence-corrected chi connectivity index (χ0v) is 6.24. The number of hydrogen-bond acceptors (Lipinski definition) is 5. The van der Waals surface area contributed by atoms with Gasteiger partial charge in [-0.15, -0.1) is 0 Å². The first-order chi connectivity index (χ1) is 5.27. The summed E-state index contributed by atoms with van der Waals surface area (Å²) in [6, 6.07) is -0.336. The lowest BCUT2D eigenvalue weighted by atomic mass is 10.2. The summed E-state index contributed by atoms with van der Waals surface area (Å²) in [6.07, 6.45) is 0.169. The van der Waals surface area contributed by atoms with Gasteiger partial charge < -0.3 is 10.1 Å². The van der Waals surface area contributed by atoms with E-state index in [1.54, 1.807) is 0 Å². The van der Waals surface area contributed by atoms with E-state index in [4.69, 9.17) is 5.26 Å². The molecule has 0 aromatic carbocycles. The number of carbonyl (C=O) groups is 1. The van der Waals surface area contributed by atoms with Crippen LogP contribution in [-0.4, -0.2) is 37.0 Å². The normalized spacial score (nSPS) is 30.4. The number of carbonyl (C=O) groups excluding carboxylic acids is 1. The van der Waals surface area contributed by atoms with Crippen LogP contribution in [0.2, 0.25) is 0 Å². The molecule has 1 heterocycles. The van der Waals surface area contributed by atoms with E-state index in [9.17, 15) is 4.79 Å². The molecule has 1 saturated heterocycles. The maximum absolute atomic E-state index is 10.9. The van der Waals surface area contributed by atoms with Gasteiger partial charge in [-0.1, -0.05) is 0 Å². The average Bonchev–Trinajstić information content (AvgIpc) is 2.50. The zero-order chi connectivity index (χ0) is 8.27. The number of ether oxygens (including phenoxy) is 1. The van der Waals surface area contributed by atoms with Crippen LogP contribution in [0.25, 0.3) is 0 Å². The number of methoxy groups -OCH3 is 1. The molecule has 0 unspecified atom stereocenters. The van der Waals surface area contributed by atoms with E-state index >= 15 is 0 Å². The van der Waals surface area contributed by atoms with Crippen molar-refractivity contribution in [3.8, 4) is 0 Å². The van der Waals surface area contributed by atoms with Gasteiger partial charge >= 0.3 is 5.97 Å². The fourth-order valence-electron chi connectivity index (χ4n) is 1.11. The van der Waals surface area contributed by atoms with Crippen LogP contribution in [0.5, 0.6) is 0 Å². The van der Waals surface area contributed by atoms with Crippen LogP contribution in [0.3, 0.4) is 0 Å². The van der Waals surface area contributed by atoms with Crippen molar-refractivity contribution in [1.29, 1.82) is 0 Å². The van der Waals surface area contributed by atoms with Gasteiger partial charge in [0.25, 0.3) is 0 Å². The summed E-state index contributed by atoms with van der Waals surface area (Å²) in [5.41, 5.74) is 0. The smallest absolute Gasteiger partial charge is 0.322 e. The number of rotatable bonds is 2. The Morgan fingerprint density at radius 1 is 1.73 bits per heavy atom. The number of nitrogens with one attached hydrogen (secondary N) is 1. The van der Waals surface area contributed by atoms with Crippen molar-refractivity contribution in [2.24, 2.45) is 0 Å². The number of esters is 1. The Morgan fingerprint density at radius 3 is 2.91 bits per heavy atom. The van der Waals surface area contributed by atoms with Crippen molar-refractivity contribution >= 4 is 5.97 Å². The Hall–Kier alpha value is -0.650. The second-order valence-corrected chi connectivity index (χ2v) is 2.45. The minimum Gasteiger partial charge on any atom is -0.468 e. The van der Waals surface area contributed by atoms with Gasteiger partial charge in [-0.25, -0.2) is 4.89 Å². The standard InChI is InChI=1S/C6H11NO4/c1-10-6(8)5-2-4(11-9)3-7-5/h4-5,7,9H,2-3H2,1H3/t4-,5+/m0/s1. The summed E-state index contributed by atoms with van der Waals surface area (Å²) in [7, 11) is 1.33. The topological polar surface area (TPSA) is 67.8 Å². The minimum atomic E-state index is -0.336. The van der Waals surface area contributed by atoms with Gasteiger partial charge in [-0.05, 0) is 0 Å². The van der Waals surface area contributed by atoms with Gasteiger partial charge in [0.05, 0.1) is 7.11 Å². The molecule has 1 aliphatic heterocycles. The van der Waals surface area contributed by atoms with E-state index in [-0.39, 0.29) is 18.1 Å². The Morgan fingerprint density at radius 2 is 2.45 bits per heavy atom. The molecule has 1 rings (SSSR count). The lowest BCUT2D eigenvalue weighted by Crippen LogP contribution is -2.31. The molecule has 5 heteroatoms. The minimum absolute atomic E-state index is 0.293. The van der Waals surface area contributed by atoms with E-state index < -0.39 is 0 Å². The predicted octanol–water partition coefficient (Wildman–Crippen LogP) is -0.620. The van der Waals surface area contributed by atoms with Crippen molar-refractivity contribution < 1.29 is 19.7 Å². The Bertz CT molecular complexity index is 150. The lowest BCUT2D eigenvalue weighted by Gasteiger charge is -2.05. The van der Waals surface area contributed by atoms with Crippen LogP contribution in [0.4, 0.5) is 0 Å². The Labute approximate surface area is 64.2 Å². The largest absolute Gasteiger partial charge is 0.468 e. The van der Waals surface area contributed by atoms with E-state index in [1.807, 2.05) is 0 Å². The molecule has 0 radical (unpaired) electrons. The first-order valence-corrected chi connectivity index (χ1v) is 3.39. The van der Waals surface area contributed by atoms with Crippen LogP contribution in [-0.2, 0) is 14.4 Å².